The average molecular weight is 490 g/mol. The van der Waals surface area contributed by atoms with Crippen LogP contribution in [-0.2, 0) is 19.1 Å². The standard InChI is InChI=1S/C21H26F4N4O5/c22-16(23)10-28(9-12-2-1-3-12)18(19(26)31)20(32)27-14-5-4-13(8-15(14)34-21(24)25)29-6-7-33-11-17(29)30/h4-5,8,12,16,18,21H,1-3,6-7,9-11H2,(H2,26,31)(H,27,32)/t18-/m0/s1. The first-order valence-corrected chi connectivity index (χ1v) is 10.7. The van der Waals surface area contributed by atoms with Crippen molar-refractivity contribution < 1.29 is 41.4 Å². The number of nitrogens with zero attached hydrogens (tertiary/aromatic N) is 2. The molecular formula is C21H26F4N4O5. The molecule has 3 N–H and O–H groups in total. The number of hydrogen-bond acceptors (Lipinski definition) is 6. The van der Waals surface area contributed by atoms with E-state index in [1.807, 2.05) is 0 Å². The third kappa shape index (κ3) is 6.56. The summed E-state index contributed by atoms with van der Waals surface area (Å²) in [5.41, 5.74) is 5.36. The average Bonchev–Trinajstić information content (AvgIpc) is 2.71. The van der Waals surface area contributed by atoms with E-state index >= 15 is 0 Å². The van der Waals surface area contributed by atoms with Crippen LogP contribution in [0.1, 0.15) is 19.3 Å². The minimum absolute atomic E-state index is 0.0523. The molecule has 13 heteroatoms. The first-order valence-electron chi connectivity index (χ1n) is 10.7. The number of primary amides is 1. The fourth-order valence-corrected chi connectivity index (χ4v) is 3.91. The number of anilines is 2. The lowest BCUT2D eigenvalue weighted by Gasteiger charge is -2.35. The second-order valence-electron chi connectivity index (χ2n) is 8.09. The molecule has 1 aromatic carbocycles. The summed E-state index contributed by atoms with van der Waals surface area (Å²) in [7, 11) is 0. The Balaban J connectivity index is 1.84. The van der Waals surface area contributed by atoms with Gasteiger partial charge >= 0.3 is 6.61 Å². The van der Waals surface area contributed by atoms with E-state index in [4.69, 9.17) is 10.5 Å². The molecule has 0 aromatic heterocycles. The van der Waals surface area contributed by atoms with E-state index < -0.39 is 49.1 Å². The molecular weight excluding hydrogens is 464 g/mol. The van der Waals surface area contributed by atoms with Gasteiger partial charge in [-0.05, 0) is 30.9 Å². The number of carbonyl (C=O) groups excluding carboxylic acids is 3. The molecule has 0 unspecified atom stereocenters. The summed E-state index contributed by atoms with van der Waals surface area (Å²) in [5, 5.41) is 2.29. The fourth-order valence-electron chi connectivity index (χ4n) is 3.91. The topological polar surface area (TPSA) is 114 Å². The van der Waals surface area contributed by atoms with Gasteiger partial charge in [0.15, 0.2) is 11.8 Å². The SMILES string of the molecule is NC(=O)[C@@H](C(=O)Nc1ccc(N2CCOCC2=O)cc1OC(F)F)N(CC(F)F)CC1CCC1. The molecule has 0 radical (unpaired) electrons. The van der Waals surface area contributed by atoms with Gasteiger partial charge in [0, 0.05) is 24.8 Å². The summed E-state index contributed by atoms with van der Waals surface area (Å²) < 4.78 is 61.9. The predicted molar refractivity (Wildman–Crippen MR) is 113 cm³/mol. The van der Waals surface area contributed by atoms with Crippen molar-refractivity contribution >= 4 is 29.1 Å². The van der Waals surface area contributed by atoms with Crippen LogP contribution in [0, 0.1) is 5.92 Å². The Morgan fingerprint density at radius 1 is 1.26 bits per heavy atom. The molecule has 3 rings (SSSR count). The number of alkyl halides is 4. The molecule has 34 heavy (non-hydrogen) atoms. The zero-order chi connectivity index (χ0) is 24.8. The highest BCUT2D eigenvalue weighted by atomic mass is 19.3. The molecule has 1 heterocycles. The predicted octanol–water partition coefficient (Wildman–Crippen LogP) is 1.81. The van der Waals surface area contributed by atoms with E-state index in [1.54, 1.807) is 0 Å². The first-order chi connectivity index (χ1) is 16.2. The van der Waals surface area contributed by atoms with Crippen molar-refractivity contribution in [1.29, 1.82) is 0 Å². The van der Waals surface area contributed by atoms with Gasteiger partial charge in [-0.15, -0.1) is 0 Å². The number of rotatable bonds is 11. The number of hydrogen-bond donors (Lipinski definition) is 2. The summed E-state index contributed by atoms with van der Waals surface area (Å²) >= 11 is 0. The minimum Gasteiger partial charge on any atom is -0.433 e. The van der Waals surface area contributed by atoms with Crippen molar-refractivity contribution in [2.45, 2.75) is 38.3 Å². The summed E-state index contributed by atoms with van der Waals surface area (Å²) in [6.45, 7) is -3.78. The van der Waals surface area contributed by atoms with Crippen molar-refractivity contribution in [1.82, 2.24) is 4.90 Å². The second kappa shape index (κ2) is 11.5. The summed E-state index contributed by atoms with van der Waals surface area (Å²) in [5.74, 6) is -3.01. The lowest BCUT2D eigenvalue weighted by molar-refractivity contribution is -0.134. The second-order valence-corrected chi connectivity index (χ2v) is 8.09. The highest BCUT2D eigenvalue weighted by Gasteiger charge is 2.36. The summed E-state index contributed by atoms with van der Waals surface area (Å²) in [4.78, 5) is 39.4. The first kappa shape index (κ1) is 25.7. The van der Waals surface area contributed by atoms with Crippen molar-refractivity contribution in [2.75, 3.05) is 43.1 Å². The smallest absolute Gasteiger partial charge is 0.387 e. The van der Waals surface area contributed by atoms with Crippen LogP contribution >= 0.6 is 0 Å². The molecule has 1 atom stereocenters. The van der Waals surface area contributed by atoms with Gasteiger partial charge in [-0.2, -0.15) is 8.78 Å². The maximum absolute atomic E-state index is 13.2. The van der Waals surface area contributed by atoms with E-state index in [1.165, 1.54) is 17.0 Å². The molecule has 1 aliphatic heterocycles. The van der Waals surface area contributed by atoms with Crippen LogP contribution in [0.25, 0.3) is 0 Å². The van der Waals surface area contributed by atoms with Gasteiger partial charge in [0.05, 0.1) is 18.8 Å². The van der Waals surface area contributed by atoms with Crippen LogP contribution < -0.4 is 20.7 Å². The molecule has 0 bridgehead atoms. The molecule has 1 aliphatic carbocycles. The number of nitrogens with two attached hydrogens (primary N) is 1. The van der Waals surface area contributed by atoms with Gasteiger partial charge < -0.3 is 25.4 Å². The zero-order valence-corrected chi connectivity index (χ0v) is 18.2. The van der Waals surface area contributed by atoms with Crippen molar-refractivity contribution in [2.24, 2.45) is 11.7 Å². The van der Waals surface area contributed by atoms with Crippen LogP contribution in [0.5, 0.6) is 5.75 Å². The molecule has 0 spiro atoms. The van der Waals surface area contributed by atoms with Crippen LogP contribution in [0.4, 0.5) is 28.9 Å². The molecule has 2 fully saturated rings. The molecule has 1 saturated carbocycles. The Labute approximate surface area is 193 Å². The van der Waals surface area contributed by atoms with E-state index in [9.17, 15) is 31.9 Å². The lowest BCUT2D eigenvalue weighted by Crippen LogP contribution is -2.55. The van der Waals surface area contributed by atoms with Crippen molar-refractivity contribution in [3.63, 3.8) is 0 Å². The fraction of sp³-hybridized carbons (Fsp3) is 0.571. The van der Waals surface area contributed by atoms with E-state index in [2.05, 4.69) is 10.1 Å². The van der Waals surface area contributed by atoms with Gasteiger partial charge in [-0.25, -0.2) is 8.78 Å². The van der Waals surface area contributed by atoms with Gasteiger partial charge in [-0.1, -0.05) is 6.42 Å². The normalized spacial score (nSPS) is 17.7. The third-order valence-corrected chi connectivity index (χ3v) is 5.71. The number of nitrogens with one attached hydrogen (secondary N) is 1. The third-order valence-electron chi connectivity index (χ3n) is 5.71. The molecule has 188 valence electrons. The summed E-state index contributed by atoms with van der Waals surface area (Å²) in [6.07, 6.45) is -0.341. The molecule has 1 saturated heterocycles. The number of carbonyl (C=O) groups is 3. The van der Waals surface area contributed by atoms with Crippen LogP contribution in [0.2, 0.25) is 0 Å². The van der Waals surface area contributed by atoms with Gasteiger partial charge in [0.2, 0.25) is 5.91 Å². The molecule has 1 aromatic rings. The molecule has 2 aliphatic rings. The summed E-state index contributed by atoms with van der Waals surface area (Å²) in [6, 6.07) is 2.00. The van der Waals surface area contributed by atoms with Gasteiger partial charge in [-0.3, -0.25) is 19.3 Å². The number of benzene rings is 1. The number of halogens is 4. The van der Waals surface area contributed by atoms with E-state index in [0.29, 0.717) is 0 Å². The van der Waals surface area contributed by atoms with Crippen LogP contribution in [0.3, 0.4) is 0 Å². The monoisotopic (exact) mass is 490 g/mol. The van der Waals surface area contributed by atoms with Crippen molar-refractivity contribution in [3.8, 4) is 5.75 Å². The lowest BCUT2D eigenvalue weighted by atomic mass is 9.85. The largest absolute Gasteiger partial charge is 0.433 e. The zero-order valence-electron chi connectivity index (χ0n) is 18.2. The van der Waals surface area contributed by atoms with Crippen LogP contribution in [0.15, 0.2) is 18.2 Å². The maximum atomic E-state index is 13.2. The number of morpholine rings is 1. The maximum Gasteiger partial charge on any atom is 0.387 e. The Morgan fingerprint density at radius 3 is 2.56 bits per heavy atom. The minimum atomic E-state index is -3.26. The van der Waals surface area contributed by atoms with Gasteiger partial charge in [0.1, 0.15) is 6.61 Å². The Hall–Kier alpha value is -2.93. The van der Waals surface area contributed by atoms with Crippen LogP contribution in [-0.4, -0.2) is 74.5 Å². The highest BCUT2D eigenvalue weighted by Crippen LogP contribution is 2.33. The Kier molecular flexibility index (Phi) is 8.67. The number of ether oxygens (including phenoxy) is 2. The Morgan fingerprint density at radius 2 is 2.00 bits per heavy atom. The Bertz CT molecular complexity index is 900. The molecule has 9 nitrogen and oxygen atoms in total. The quantitative estimate of drug-likeness (QED) is 0.361. The van der Waals surface area contributed by atoms with Crippen molar-refractivity contribution in [3.05, 3.63) is 18.2 Å². The van der Waals surface area contributed by atoms with Gasteiger partial charge in [0.25, 0.3) is 18.2 Å². The molecule has 3 amide bonds. The highest BCUT2D eigenvalue weighted by molar-refractivity contribution is 6.10. The number of amides is 3. The van der Waals surface area contributed by atoms with E-state index in [-0.39, 0.29) is 43.6 Å². The van der Waals surface area contributed by atoms with E-state index in [0.717, 1.165) is 30.2 Å².